The summed E-state index contributed by atoms with van der Waals surface area (Å²) in [5.41, 5.74) is 1.30. The van der Waals surface area contributed by atoms with Crippen LogP contribution in [0.3, 0.4) is 0 Å². The molecule has 2 rings (SSSR count). The van der Waals surface area contributed by atoms with E-state index >= 15 is 0 Å². The van der Waals surface area contributed by atoms with Crippen molar-refractivity contribution in [1.29, 1.82) is 0 Å². The quantitative estimate of drug-likeness (QED) is 0.897. The molecule has 19 heavy (non-hydrogen) atoms. The maximum Gasteiger partial charge on any atom is 0.354 e. The first-order valence-corrected chi connectivity index (χ1v) is 6.09. The van der Waals surface area contributed by atoms with Crippen LogP contribution in [0.15, 0.2) is 30.5 Å². The zero-order valence-electron chi connectivity index (χ0n) is 11.0. The van der Waals surface area contributed by atoms with E-state index in [0.29, 0.717) is 12.4 Å². The highest BCUT2D eigenvalue weighted by atomic mass is 16.5. The van der Waals surface area contributed by atoms with Gasteiger partial charge in [-0.2, -0.15) is 0 Å². The molecule has 100 valence electrons. The minimum absolute atomic E-state index is 0.186. The zero-order chi connectivity index (χ0) is 13.8. The molecule has 0 amide bonds. The number of aromatic carboxylic acids is 1. The van der Waals surface area contributed by atoms with Crippen molar-refractivity contribution in [3.63, 3.8) is 0 Å². The first kappa shape index (κ1) is 13.1. The average molecular weight is 260 g/mol. The molecule has 0 spiro atoms. The third-order valence-electron chi connectivity index (χ3n) is 2.83. The predicted octanol–water partition coefficient (Wildman–Crippen LogP) is 2.49. The molecule has 0 saturated heterocycles. The number of rotatable bonds is 5. The van der Waals surface area contributed by atoms with Crippen LogP contribution in [-0.4, -0.2) is 20.6 Å². The van der Waals surface area contributed by atoms with Crippen LogP contribution in [-0.2, 0) is 13.2 Å². The summed E-state index contributed by atoms with van der Waals surface area (Å²) in [5.74, 6) is 0.389. The summed E-state index contributed by atoms with van der Waals surface area (Å²) in [6.07, 6.45) is 1.36. The van der Waals surface area contributed by atoms with Gasteiger partial charge in [0.15, 0.2) is 0 Å². The smallest absolute Gasteiger partial charge is 0.354 e. The molecular weight excluding hydrogens is 244 g/mol. The first-order chi connectivity index (χ1) is 9.11. The second-order valence-corrected chi connectivity index (χ2v) is 4.21. The molecule has 0 aliphatic rings. The average Bonchev–Trinajstić information content (AvgIpc) is 2.79. The number of carboxylic acid groups (broad SMARTS) is 1. The molecule has 5 nitrogen and oxygen atoms in total. The number of imidazole rings is 1. The lowest BCUT2D eigenvalue weighted by atomic mass is 10.2. The number of ether oxygens (including phenoxy) is 1. The predicted molar refractivity (Wildman–Crippen MR) is 70.4 cm³/mol. The Bertz CT molecular complexity index is 590. The molecule has 1 heterocycles. The van der Waals surface area contributed by atoms with Crippen LogP contribution in [0, 0.1) is 6.92 Å². The van der Waals surface area contributed by atoms with Crippen molar-refractivity contribution in [2.75, 3.05) is 0 Å². The molecule has 0 unspecified atom stereocenters. The van der Waals surface area contributed by atoms with Gasteiger partial charge < -0.3 is 14.4 Å². The van der Waals surface area contributed by atoms with Crippen LogP contribution in [0.4, 0.5) is 0 Å². The zero-order valence-corrected chi connectivity index (χ0v) is 11.0. The molecule has 5 heteroatoms. The lowest BCUT2D eigenvalue weighted by molar-refractivity contribution is 0.0684. The van der Waals surface area contributed by atoms with Gasteiger partial charge in [-0.15, -0.1) is 0 Å². The van der Waals surface area contributed by atoms with Crippen LogP contribution in [0.2, 0.25) is 0 Å². The molecule has 0 saturated carbocycles. The highest BCUT2D eigenvalue weighted by Crippen LogP contribution is 2.15. The van der Waals surface area contributed by atoms with E-state index in [-0.39, 0.29) is 12.3 Å². The standard InChI is InChI=1S/C14H16N2O3/c1-3-16-12(14(17)18)8-15-13(16)9-19-11-6-4-5-10(2)7-11/h4-8H,3,9H2,1-2H3,(H,17,18). The van der Waals surface area contributed by atoms with Crippen molar-refractivity contribution in [1.82, 2.24) is 9.55 Å². The first-order valence-electron chi connectivity index (χ1n) is 6.09. The number of carbonyl (C=O) groups is 1. The van der Waals surface area contributed by atoms with Gasteiger partial charge in [0.2, 0.25) is 0 Å². The minimum Gasteiger partial charge on any atom is -0.486 e. The summed E-state index contributed by atoms with van der Waals surface area (Å²) >= 11 is 0. The molecule has 1 aromatic heterocycles. The molecule has 0 aliphatic heterocycles. The van der Waals surface area contributed by atoms with E-state index in [2.05, 4.69) is 4.98 Å². The highest BCUT2D eigenvalue weighted by Gasteiger charge is 2.14. The Hall–Kier alpha value is -2.30. The molecule has 0 atom stereocenters. The fourth-order valence-electron chi connectivity index (χ4n) is 1.91. The topological polar surface area (TPSA) is 64.4 Å². The molecular formula is C14H16N2O3. The Morgan fingerprint density at radius 2 is 2.26 bits per heavy atom. The van der Waals surface area contributed by atoms with Gasteiger partial charge in [0.1, 0.15) is 23.9 Å². The van der Waals surface area contributed by atoms with Crippen LogP contribution in [0.1, 0.15) is 28.8 Å². The Kier molecular flexibility index (Phi) is 3.85. The van der Waals surface area contributed by atoms with Crippen molar-refractivity contribution >= 4 is 5.97 Å². The second kappa shape index (κ2) is 5.56. The van der Waals surface area contributed by atoms with Crippen molar-refractivity contribution in [3.8, 4) is 5.75 Å². The van der Waals surface area contributed by atoms with E-state index in [1.54, 1.807) is 4.57 Å². The van der Waals surface area contributed by atoms with Crippen molar-refractivity contribution in [2.45, 2.75) is 27.0 Å². The number of aryl methyl sites for hydroxylation is 1. The molecule has 1 N–H and O–H groups in total. The van der Waals surface area contributed by atoms with E-state index < -0.39 is 5.97 Å². The van der Waals surface area contributed by atoms with E-state index in [9.17, 15) is 4.79 Å². The lowest BCUT2D eigenvalue weighted by Gasteiger charge is -2.09. The van der Waals surface area contributed by atoms with E-state index in [1.807, 2.05) is 38.1 Å². The Morgan fingerprint density at radius 1 is 1.47 bits per heavy atom. The van der Waals surface area contributed by atoms with Crippen LogP contribution < -0.4 is 4.74 Å². The molecule has 0 fully saturated rings. The normalized spacial score (nSPS) is 10.4. The van der Waals surface area contributed by atoms with Gasteiger partial charge in [0, 0.05) is 6.54 Å². The van der Waals surface area contributed by atoms with Crippen molar-refractivity contribution in [3.05, 3.63) is 47.5 Å². The highest BCUT2D eigenvalue weighted by molar-refractivity contribution is 5.85. The number of benzene rings is 1. The summed E-state index contributed by atoms with van der Waals surface area (Å²) in [5, 5.41) is 9.03. The van der Waals surface area contributed by atoms with Crippen molar-refractivity contribution in [2.24, 2.45) is 0 Å². The Morgan fingerprint density at radius 3 is 2.89 bits per heavy atom. The van der Waals surface area contributed by atoms with Gasteiger partial charge >= 0.3 is 5.97 Å². The third-order valence-corrected chi connectivity index (χ3v) is 2.83. The Balaban J connectivity index is 2.14. The van der Waals surface area contributed by atoms with Gasteiger partial charge in [-0.1, -0.05) is 12.1 Å². The minimum atomic E-state index is -0.976. The summed E-state index contributed by atoms with van der Waals surface area (Å²) < 4.78 is 7.27. The van der Waals surface area contributed by atoms with E-state index in [0.717, 1.165) is 11.3 Å². The van der Waals surface area contributed by atoms with E-state index in [4.69, 9.17) is 9.84 Å². The number of hydrogen-bond acceptors (Lipinski definition) is 3. The van der Waals surface area contributed by atoms with Gasteiger partial charge in [-0.25, -0.2) is 9.78 Å². The SMILES string of the molecule is CCn1c(C(=O)O)cnc1COc1cccc(C)c1. The number of hydrogen-bond donors (Lipinski definition) is 1. The second-order valence-electron chi connectivity index (χ2n) is 4.21. The summed E-state index contributed by atoms with van der Waals surface area (Å²) in [6.45, 7) is 4.67. The maximum atomic E-state index is 11.0. The van der Waals surface area contributed by atoms with Crippen LogP contribution in [0.25, 0.3) is 0 Å². The number of nitrogens with zero attached hydrogens (tertiary/aromatic N) is 2. The summed E-state index contributed by atoms with van der Waals surface area (Å²) in [4.78, 5) is 15.1. The van der Waals surface area contributed by atoms with Crippen molar-refractivity contribution < 1.29 is 14.6 Å². The van der Waals surface area contributed by atoms with Gasteiger partial charge in [0.25, 0.3) is 0 Å². The number of carboxylic acids is 1. The molecule has 0 bridgehead atoms. The molecule has 1 aromatic carbocycles. The monoisotopic (exact) mass is 260 g/mol. The molecule has 0 aliphatic carbocycles. The van der Waals surface area contributed by atoms with Crippen LogP contribution >= 0.6 is 0 Å². The lowest BCUT2D eigenvalue weighted by Crippen LogP contribution is -2.12. The van der Waals surface area contributed by atoms with Crippen LogP contribution in [0.5, 0.6) is 5.75 Å². The van der Waals surface area contributed by atoms with Gasteiger partial charge in [-0.05, 0) is 31.5 Å². The number of aromatic nitrogens is 2. The van der Waals surface area contributed by atoms with E-state index in [1.165, 1.54) is 6.20 Å². The summed E-state index contributed by atoms with van der Waals surface area (Å²) in [7, 11) is 0. The largest absolute Gasteiger partial charge is 0.486 e. The Labute approximate surface area is 111 Å². The fourth-order valence-corrected chi connectivity index (χ4v) is 1.91. The third kappa shape index (κ3) is 2.93. The fraction of sp³-hybridized carbons (Fsp3) is 0.286. The molecule has 2 aromatic rings. The maximum absolute atomic E-state index is 11.0. The molecule has 0 radical (unpaired) electrons. The summed E-state index contributed by atoms with van der Waals surface area (Å²) in [6, 6.07) is 7.70. The van der Waals surface area contributed by atoms with Gasteiger partial charge in [0.05, 0.1) is 6.20 Å². The van der Waals surface area contributed by atoms with Gasteiger partial charge in [-0.3, -0.25) is 0 Å².